The van der Waals surface area contributed by atoms with Crippen LogP contribution >= 0.6 is 0 Å². The second kappa shape index (κ2) is 9.04. The SMILES string of the molecule is Cc1cc(Cc2cccc(C(F)(F)F)c2)cc([C@@H]2CN(C(=O)c3cnccn3)CCO2)n1. The highest BCUT2D eigenvalue weighted by atomic mass is 19.4. The zero-order chi connectivity index (χ0) is 22.7. The van der Waals surface area contributed by atoms with E-state index in [0.717, 1.165) is 23.4 Å². The Balaban J connectivity index is 1.53. The van der Waals surface area contributed by atoms with Crippen molar-refractivity contribution in [3.63, 3.8) is 0 Å². The van der Waals surface area contributed by atoms with Crippen molar-refractivity contribution in [2.45, 2.75) is 25.6 Å². The molecule has 9 heteroatoms. The minimum atomic E-state index is -4.38. The number of rotatable bonds is 4. The van der Waals surface area contributed by atoms with Crippen LogP contribution in [0.25, 0.3) is 0 Å². The monoisotopic (exact) mass is 442 g/mol. The van der Waals surface area contributed by atoms with Crippen LogP contribution in [0.5, 0.6) is 0 Å². The summed E-state index contributed by atoms with van der Waals surface area (Å²) < 4.78 is 45.0. The number of aromatic nitrogens is 3. The molecule has 1 saturated heterocycles. The van der Waals surface area contributed by atoms with E-state index >= 15 is 0 Å². The van der Waals surface area contributed by atoms with E-state index in [1.807, 2.05) is 19.1 Å². The fourth-order valence-electron chi connectivity index (χ4n) is 3.71. The molecule has 0 unspecified atom stereocenters. The van der Waals surface area contributed by atoms with Crippen LogP contribution in [0, 0.1) is 6.92 Å². The minimum Gasteiger partial charge on any atom is -0.368 e. The van der Waals surface area contributed by atoms with Gasteiger partial charge in [0.25, 0.3) is 5.91 Å². The van der Waals surface area contributed by atoms with Crippen LogP contribution in [0.15, 0.2) is 55.0 Å². The number of benzene rings is 1. The maximum atomic E-state index is 13.0. The van der Waals surface area contributed by atoms with E-state index in [1.54, 1.807) is 11.0 Å². The number of morpholine rings is 1. The lowest BCUT2D eigenvalue weighted by Gasteiger charge is -2.32. The summed E-state index contributed by atoms with van der Waals surface area (Å²) in [6.45, 7) is 2.89. The van der Waals surface area contributed by atoms with Crippen molar-refractivity contribution >= 4 is 5.91 Å². The van der Waals surface area contributed by atoms with Crippen LogP contribution in [0.2, 0.25) is 0 Å². The highest BCUT2D eigenvalue weighted by Gasteiger charge is 2.30. The van der Waals surface area contributed by atoms with Gasteiger partial charge < -0.3 is 9.64 Å². The third kappa shape index (κ3) is 5.11. The van der Waals surface area contributed by atoms with Crippen molar-refractivity contribution in [3.05, 3.63) is 88.8 Å². The smallest absolute Gasteiger partial charge is 0.368 e. The summed E-state index contributed by atoms with van der Waals surface area (Å²) >= 11 is 0. The zero-order valence-electron chi connectivity index (χ0n) is 17.3. The van der Waals surface area contributed by atoms with Crippen molar-refractivity contribution < 1.29 is 22.7 Å². The first-order valence-electron chi connectivity index (χ1n) is 10.1. The predicted molar refractivity (Wildman–Crippen MR) is 110 cm³/mol. The van der Waals surface area contributed by atoms with Crippen LogP contribution in [0.4, 0.5) is 13.2 Å². The van der Waals surface area contributed by atoms with E-state index in [0.29, 0.717) is 37.4 Å². The van der Waals surface area contributed by atoms with E-state index in [9.17, 15) is 18.0 Å². The van der Waals surface area contributed by atoms with E-state index in [1.165, 1.54) is 24.7 Å². The van der Waals surface area contributed by atoms with Gasteiger partial charge in [-0.2, -0.15) is 13.2 Å². The van der Waals surface area contributed by atoms with Gasteiger partial charge in [-0.15, -0.1) is 0 Å². The number of hydrogen-bond acceptors (Lipinski definition) is 5. The number of amides is 1. The lowest BCUT2D eigenvalue weighted by molar-refractivity contribution is -0.137. The summed E-state index contributed by atoms with van der Waals surface area (Å²) in [7, 11) is 0. The first-order valence-corrected chi connectivity index (χ1v) is 10.1. The first-order chi connectivity index (χ1) is 15.3. The molecule has 0 radical (unpaired) electrons. The van der Waals surface area contributed by atoms with Crippen molar-refractivity contribution in [1.82, 2.24) is 19.9 Å². The van der Waals surface area contributed by atoms with Gasteiger partial charge in [-0.05, 0) is 42.7 Å². The highest BCUT2D eigenvalue weighted by Crippen LogP contribution is 2.30. The molecule has 1 atom stereocenters. The number of nitrogens with zero attached hydrogens (tertiary/aromatic N) is 4. The second-order valence-corrected chi connectivity index (χ2v) is 7.62. The van der Waals surface area contributed by atoms with Gasteiger partial charge in [0.05, 0.1) is 30.6 Å². The largest absolute Gasteiger partial charge is 0.416 e. The molecule has 0 saturated carbocycles. The van der Waals surface area contributed by atoms with Gasteiger partial charge in [-0.3, -0.25) is 14.8 Å². The Morgan fingerprint density at radius 1 is 1.19 bits per heavy atom. The third-order valence-corrected chi connectivity index (χ3v) is 5.16. The molecule has 32 heavy (non-hydrogen) atoms. The molecule has 0 N–H and O–H groups in total. The average Bonchev–Trinajstić information content (AvgIpc) is 2.78. The van der Waals surface area contributed by atoms with Crippen LogP contribution in [0.3, 0.4) is 0 Å². The van der Waals surface area contributed by atoms with Gasteiger partial charge in [0.15, 0.2) is 0 Å². The molecule has 0 spiro atoms. The quantitative estimate of drug-likeness (QED) is 0.611. The Hall–Kier alpha value is -3.33. The minimum absolute atomic E-state index is 0.233. The molecular weight excluding hydrogens is 421 g/mol. The van der Waals surface area contributed by atoms with E-state index < -0.39 is 17.8 Å². The Morgan fingerprint density at radius 2 is 2.03 bits per heavy atom. The number of halogens is 3. The molecule has 1 aliphatic rings. The van der Waals surface area contributed by atoms with Crippen molar-refractivity contribution in [3.8, 4) is 0 Å². The number of ether oxygens (including phenoxy) is 1. The summed E-state index contributed by atoms with van der Waals surface area (Å²) in [6.07, 6.45) is -0.108. The van der Waals surface area contributed by atoms with E-state index in [-0.39, 0.29) is 11.6 Å². The molecular formula is C23H21F3N4O2. The fraction of sp³-hybridized carbons (Fsp3) is 0.304. The molecule has 6 nitrogen and oxygen atoms in total. The second-order valence-electron chi connectivity index (χ2n) is 7.62. The summed E-state index contributed by atoms with van der Waals surface area (Å²) in [5, 5.41) is 0. The standard InChI is InChI=1S/C23H21F3N4O2/c1-15-9-17(10-16-3-2-4-18(11-16)23(24,25)26)12-19(29-15)21-14-30(7-8-32-21)22(31)20-13-27-5-6-28-20/h2-6,9,11-13,21H,7-8,10,14H2,1H3/t21-/m0/s1. The molecule has 4 rings (SSSR count). The molecule has 1 aromatic carbocycles. The van der Waals surface area contributed by atoms with Crippen molar-refractivity contribution in [2.75, 3.05) is 19.7 Å². The summed E-state index contributed by atoms with van der Waals surface area (Å²) in [6, 6.07) is 8.97. The summed E-state index contributed by atoms with van der Waals surface area (Å²) in [4.78, 5) is 26.9. The van der Waals surface area contributed by atoms with Gasteiger partial charge in [0, 0.05) is 24.6 Å². The average molecular weight is 442 g/mol. The van der Waals surface area contributed by atoms with E-state index in [2.05, 4.69) is 15.0 Å². The highest BCUT2D eigenvalue weighted by molar-refractivity contribution is 5.92. The topological polar surface area (TPSA) is 68.2 Å². The molecule has 1 fully saturated rings. The first kappa shape index (κ1) is 21.9. The van der Waals surface area contributed by atoms with Crippen LogP contribution in [-0.2, 0) is 17.3 Å². The number of alkyl halides is 3. The van der Waals surface area contributed by atoms with Crippen LogP contribution in [-0.4, -0.2) is 45.5 Å². The fourth-order valence-corrected chi connectivity index (χ4v) is 3.71. The lowest BCUT2D eigenvalue weighted by atomic mass is 10.0. The number of carbonyl (C=O) groups is 1. The summed E-state index contributed by atoms with van der Waals surface area (Å²) in [5.74, 6) is -0.233. The van der Waals surface area contributed by atoms with Crippen molar-refractivity contribution in [1.29, 1.82) is 0 Å². The molecule has 3 heterocycles. The maximum Gasteiger partial charge on any atom is 0.416 e. The molecule has 0 bridgehead atoms. The van der Waals surface area contributed by atoms with Gasteiger partial charge in [-0.1, -0.05) is 18.2 Å². The Labute approximate surface area is 183 Å². The van der Waals surface area contributed by atoms with E-state index in [4.69, 9.17) is 4.74 Å². The molecule has 0 aliphatic carbocycles. The zero-order valence-corrected chi connectivity index (χ0v) is 17.3. The Bertz CT molecular complexity index is 1110. The third-order valence-electron chi connectivity index (χ3n) is 5.16. The summed E-state index contributed by atoms with van der Waals surface area (Å²) in [5.41, 5.74) is 2.34. The molecule has 1 aliphatic heterocycles. The Morgan fingerprint density at radius 3 is 2.78 bits per heavy atom. The van der Waals surface area contributed by atoms with Gasteiger partial charge in [0.1, 0.15) is 11.8 Å². The number of pyridine rings is 1. The van der Waals surface area contributed by atoms with Gasteiger partial charge >= 0.3 is 6.18 Å². The normalized spacial score (nSPS) is 16.8. The maximum absolute atomic E-state index is 13.0. The number of carbonyl (C=O) groups excluding carboxylic acids is 1. The van der Waals surface area contributed by atoms with Crippen LogP contribution < -0.4 is 0 Å². The predicted octanol–water partition coefficient (Wildman–Crippen LogP) is 4.00. The number of aryl methyl sites for hydroxylation is 1. The van der Waals surface area contributed by atoms with Crippen LogP contribution in [0.1, 0.15) is 44.7 Å². The molecule has 2 aromatic heterocycles. The van der Waals surface area contributed by atoms with Gasteiger partial charge in [0.2, 0.25) is 0 Å². The number of hydrogen-bond donors (Lipinski definition) is 0. The Kier molecular flexibility index (Phi) is 6.18. The van der Waals surface area contributed by atoms with Gasteiger partial charge in [-0.25, -0.2) is 4.98 Å². The lowest BCUT2D eigenvalue weighted by Crippen LogP contribution is -2.42. The molecule has 166 valence electrons. The molecule has 3 aromatic rings. The van der Waals surface area contributed by atoms with Crippen molar-refractivity contribution in [2.24, 2.45) is 0 Å². The molecule has 1 amide bonds.